The zero-order chi connectivity index (χ0) is 20.2. The highest BCUT2D eigenvalue weighted by Gasteiger charge is 2.32. The van der Waals surface area contributed by atoms with E-state index in [1.165, 1.54) is 26.9 Å². The van der Waals surface area contributed by atoms with Gasteiger partial charge in [0.2, 0.25) is 5.88 Å². The number of aromatic nitrogens is 2. The molecule has 3 N–H and O–H groups in total. The van der Waals surface area contributed by atoms with Gasteiger partial charge in [0.1, 0.15) is 6.61 Å². The van der Waals surface area contributed by atoms with Crippen LogP contribution >= 0.6 is 0 Å². The Morgan fingerprint density at radius 3 is 2.59 bits per heavy atom. The van der Waals surface area contributed by atoms with E-state index in [2.05, 4.69) is 21.2 Å². The molecule has 0 saturated carbocycles. The van der Waals surface area contributed by atoms with Crippen molar-refractivity contribution in [3.63, 3.8) is 0 Å². The molecule has 0 amide bonds. The van der Waals surface area contributed by atoms with Crippen LogP contribution in [0.5, 0.6) is 5.88 Å². The summed E-state index contributed by atoms with van der Waals surface area (Å²) in [5.41, 5.74) is 5.76. The second-order valence-corrected chi connectivity index (χ2v) is 9.49. The van der Waals surface area contributed by atoms with Gasteiger partial charge in [-0.2, -0.15) is 9.82 Å². The predicted molar refractivity (Wildman–Crippen MR) is 103 cm³/mol. The lowest BCUT2D eigenvalue weighted by molar-refractivity contribution is 0.122. The first-order chi connectivity index (χ1) is 13.9. The van der Waals surface area contributed by atoms with Crippen molar-refractivity contribution in [1.29, 1.82) is 0 Å². The fourth-order valence-electron chi connectivity index (χ4n) is 4.59. The Balaban J connectivity index is 1.39. The molecule has 0 fully saturated rings. The largest absolute Gasteiger partial charge is 0.474 e. The van der Waals surface area contributed by atoms with Crippen LogP contribution in [0.3, 0.4) is 0 Å². The van der Waals surface area contributed by atoms with Gasteiger partial charge in [0.15, 0.2) is 17.4 Å². The highest BCUT2D eigenvalue weighted by Crippen LogP contribution is 2.38. The van der Waals surface area contributed by atoms with Gasteiger partial charge in [0, 0.05) is 5.69 Å². The van der Waals surface area contributed by atoms with Crippen molar-refractivity contribution in [2.45, 2.75) is 62.5 Å². The Labute approximate surface area is 168 Å². The Bertz CT molecular complexity index is 1040. The number of alkyl halides is 1. The van der Waals surface area contributed by atoms with Crippen LogP contribution in [0.15, 0.2) is 17.2 Å². The summed E-state index contributed by atoms with van der Waals surface area (Å²) in [5, 5.41) is 17.4. The number of anilines is 1. The third-order valence-electron chi connectivity index (χ3n) is 5.84. The van der Waals surface area contributed by atoms with Crippen molar-refractivity contribution in [3.05, 3.63) is 34.5 Å². The maximum atomic E-state index is 13.4. The number of aryl methyl sites for hydroxylation is 2. The average Bonchev–Trinajstić information content (AvgIpc) is 3.39. The number of ether oxygens (including phenoxy) is 1. The van der Waals surface area contributed by atoms with Gasteiger partial charge >= 0.3 is 0 Å². The van der Waals surface area contributed by atoms with E-state index in [4.69, 9.17) is 4.74 Å². The fraction of sp³-hybridized carbons (Fsp3) is 0.526. The molecule has 3 aliphatic rings. The number of nitrogens with zero attached hydrogens (tertiary/aromatic N) is 2. The molecule has 156 valence electrons. The second kappa shape index (κ2) is 6.96. The fourth-order valence-corrected chi connectivity index (χ4v) is 5.65. The van der Waals surface area contributed by atoms with Crippen LogP contribution in [0.4, 0.5) is 10.1 Å². The normalized spacial score (nSPS) is 21.2. The maximum absolute atomic E-state index is 13.4. The lowest BCUT2D eigenvalue weighted by Crippen LogP contribution is -2.41. The third kappa shape index (κ3) is 3.28. The number of nitrogens with one attached hydrogen (secondary N) is 2. The van der Waals surface area contributed by atoms with Gasteiger partial charge in [-0.05, 0) is 60.8 Å². The molecule has 10 heteroatoms. The molecule has 2 atom stereocenters. The van der Waals surface area contributed by atoms with Crippen molar-refractivity contribution in [2.24, 2.45) is 0 Å². The predicted octanol–water partition coefficient (Wildman–Crippen LogP) is 1.26. The van der Waals surface area contributed by atoms with Crippen LogP contribution in [0, 0.1) is 0 Å². The van der Waals surface area contributed by atoms with Gasteiger partial charge in [-0.15, -0.1) is 0 Å². The molecule has 2 aliphatic carbocycles. The molecule has 0 spiro atoms. The number of sulfonamides is 1. The van der Waals surface area contributed by atoms with Crippen molar-refractivity contribution in [2.75, 3.05) is 11.9 Å². The summed E-state index contributed by atoms with van der Waals surface area (Å²) in [6.45, 7) is -0.286. The first kappa shape index (κ1) is 18.8. The monoisotopic (exact) mass is 422 g/mol. The summed E-state index contributed by atoms with van der Waals surface area (Å²) >= 11 is 0. The van der Waals surface area contributed by atoms with E-state index >= 15 is 0 Å². The first-order valence-corrected chi connectivity index (χ1v) is 11.4. The van der Waals surface area contributed by atoms with Crippen LogP contribution in [0.25, 0.3) is 0 Å². The smallest absolute Gasteiger partial charge is 0.251 e. The van der Waals surface area contributed by atoms with E-state index in [-0.39, 0.29) is 23.9 Å². The molecule has 2 aromatic rings. The highest BCUT2D eigenvalue weighted by atomic mass is 32.2. The van der Waals surface area contributed by atoms with Gasteiger partial charge in [0.25, 0.3) is 10.0 Å². The summed E-state index contributed by atoms with van der Waals surface area (Å²) in [6, 6.07) is 2.26. The van der Waals surface area contributed by atoms with E-state index < -0.39 is 22.5 Å². The van der Waals surface area contributed by atoms with E-state index in [1.54, 1.807) is 0 Å². The molecule has 1 aromatic carbocycles. The molecule has 5 rings (SSSR count). The number of fused-ring (bicyclic) bond motifs is 3. The lowest BCUT2D eigenvalue weighted by atomic mass is 9.99. The topological polar surface area (TPSA) is 105 Å². The molecule has 0 bridgehead atoms. The molecule has 2 unspecified atom stereocenters. The molecule has 1 aliphatic heterocycles. The van der Waals surface area contributed by atoms with Gasteiger partial charge in [-0.25, -0.2) is 17.5 Å². The van der Waals surface area contributed by atoms with Gasteiger partial charge in [-0.1, -0.05) is 6.07 Å². The van der Waals surface area contributed by atoms with Crippen LogP contribution in [0.1, 0.15) is 35.1 Å². The minimum atomic E-state index is -4.12. The Morgan fingerprint density at radius 1 is 1.21 bits per heavy atom. The molecular weight excluding hydrogens is 399 g/mol. The lowest BCUT2D eigenvalue weighted by Gasteiger charge is -2.22. The average molecular weight is 422 g/mol. The maximum Gasteiger partial charge on any atom is 0.251 e. The summed E-state index contributed by atoms with van der Waals surface area (Å²) < 4.78 is 47.6. The number of aliphatic hydroxyl groups excluding tert-OH is 1. The van der Waals surface area contributed by atoms with Gasteiger partial charge < -0.3 is 15.2 Å². The number of halogens is 1. The summed E-state index contributed by atoms with van der Waals surface area (Å²) in [6.07, 6.45) is 4.34. The van der Waals surface area contributed by atoms with Crippen molar-refractivity contribution in [3.8, 4) is 5.88 Å². The second-order valence-electron chi connectivity index (χ2n) is 7.81. The summed E-state index contributed by atoms with van der Waals surface area (Å²) in [4.78, 5) is -0.214. The molecule has 1 aromatic heterocycles. The minimum absolute atomic E-state index is 0.0138. The van der Waals surface area contributed by atoms with E-state index in [0.29, 0.717) is 0 Å². The summed E-state index contributed by atoms with van der Waals surface area (Å²) in [7, 11) is -4.12. The molecule has 0 radical (unpaired) electrons. The van der Waals surface area contributed by atoms with E-state index in [1.807, 2.05) is 0 Å². The number of rotatable bonds is 5. The zero-order valence-electron chi connectivity index (χ0n) is 15.8. The highest BCUT2D eigenvalue weighted by molar-refractivity contribution is 7.89. The molecule has 2 heterocycles. The number of hydrogen-bond acceptors (Lipinski definition) is 6. The van der Waals surface area contributed by atoms with Crippen LogP contribution < -0.4 is 14.8 Å². The first-order valence-electron chi connectivity index (χ1n) is 9.88. The van der Waals surface area contributed by atoms with E-state index in [0.717, 1.165) is 50.4 Å². The minimum Gasteiger partial charge on any atom is -0.474 e. The number of hydrogen-bond donors (Lipinski definition) is 3. The van der Waals surface area contributed by atoms with Crippen molar-refractivity contribution >= 4 is 15.7 Å². The SMILES string of the molecule is O=S(=O)(NC(O)Nc1c2c(cc3c1CCC3)CCC2)c1cnn2c1OCC(F)C2. The van der Waals surface area contributed by atoms with Crippen LogP contribution in [-0.2, 0) is 42.3 Å². The quantitative estimate of drug-likeness (QED) is 0.627. The number of benzene rings is 1. The van der Waals surface area contributed by atoms with E-state index in [9.17, 15) is 17.9 Å². The van der Waals surface area contributed by atoms with Crippen molar-refractivity contribution < 1.29 is 22.7 Å². The Morgan fingerprint density at radius 2 is 1.90 bits per heavy atom. The van der Waals surface area contributed by atoms with Crippen molar-refractivity contribution in [1.82, 2.24) is 14.5 Å². The Hall–Kier alpha value is -2.17. The molecular formula is C19H23FN4O4S. The Kier molecular flexibility index (Phi) is 4.52. The third-order valence-corrected chi connectivity index (χ3v) is 7.23. The zero-order valence-corrected chi connectivity index (χ0v) is 16.6. The van der Waals surface area contributed by atoms with Gasteiger partial charge in [0.05, 0.1) is 12.7 Å². The van der Waals surface area contributed by atoms with Crippen LogP contribution in [-0.4, -0.2) is 42.4 Å². The standard InChI is InChI=1S/C19H23FN4O4S/c20-13-9-24-18(28-10-13)16(8-21-24)29(26,27)23-19(25)22-17-14-5-1-3-11(14)7-12-4-2-6-15(12)17/h7-8,13,19,22-23,25H,1-6,9-10H2. The number of aliphatic hydroxyl groups is 1. The summed E-state index contributed by atoms with van der Waals surface area (Å²) in [5.74, 6) is -0.0138. The molecule has 8 nitrogen and oxygen atoms in total. The van der Waals surface area contributed by atoms with Crippen LogP contribution in [0.2, 0.25) is 0 Å². The molecule has 0 saturated heterocycles. The van der Waals surface area contributed by atoms with Gasteiger partial charge in [-0.3, -0.25) is 0 Å². The molecule has 29 heavy (non-hydrogen) atoms.